The summed E-state index contributed by atoms with van der Waals surface area (Å²) in [4.78, 5) is 14.5. The summed E-state index contributed by atoms with van der Waals surface area (Å²) in [7, 11) is 0. The minimum Gasteiger partial charge on any atom is -0.370 e. The molecule has 0 aromatic heterocycles. The van der Waals surface area contributed by atoms with Gasteiger partial charge in [-0.15, -0.1) is 0 Å². The molecular formula is C16H25N3O. The number of amides is 1. The van der Waals surface area contributed by atoms with Gasteiger partial charge in [-0.2, -0.15) is 0 Å². The quantitative estimate of drug-likeness (QED) is 0.868. The number of rotatable bonds is 5. The van der Waals surface area contributed by atoms with Gasteiger partial charge >= 0.3 is 0 Å². The zero-order chi connectivity index (χ0) is 14.5. The highest BCUT2D eigenvalue weighted by Gasteiger charge is 2.19. The van der Waals surface area contributed by atoms with E-state index in [1.165, 1.54) is 12.8 Å². The maximum Gasteiger partial charge on any atom is 0.241 e. The zero-order valence-electron chi connectivity index (χ0n) is 12.4. The van der Waals surface area contributed by atoms with Gasteiger partial charge in [0.2, 0.25) is 5.91 Å². The van der Waals surface area contributed by atoms with E-state index >= 15 is 0 Å². The van der Waals surface area contributed by atoms with E-state index in [4.69, 9.17) is 5.73 Å². The Kier molecular flexibility index (Phi) is 5.01. The van der Waals surface area contributed by atoms with Crippen LogP contribution in [0, 0.1) is 5.92 Å². The fourth-order valence-electron chi connectivity index (χ4n) is 2.65. The van der Waals surface area contributed by atoms with E-state index in [9.17, 15) is 4.79 Å². The Morgan fingerprint density at radius 2 is 1.95 bits per heavy atom. The van der Waals surface area contributed by atoms with Gasteiger partial charge in [0.05, 0.1) is 17.4 Å². The molecule has 0 aliphatic carbocycles. The summed E-state index contributed by atoms with van der Waals surface area (Å²) in [6.07, 6.45) is 3.14. The molecule has 110 valence electrons. The summed E-state index contributed by atoms with van der Waals surface area (Å²) < 4.78 is 0. The fourth-order valence-corrected chi connectivity index (χ4v) is 2.65. The van der Waals surface area contributed by atoms with E-state index in [2.05, 4.69) is 30.1 Å². The lowest BCUT2D eigenvalue weighted by Crippen LogP contribution is -2.37. The molecule has 4 nitrogen and oxygen atoms in total. The van der Waals surface area contributed by atoms with Crippen LogP contribution in [0.25, 0.3) is 0 Å². The maximum absolute atomic E-state index is 12.2. The summed E-state index contributed by atoms with van der Waals surface area (Å²) in [5.74, 6) is 0.329. The Hall–Kier alpha value is -1.55. The highest BCUT2D eigenvalue weighted by Crippen LogP contribution is 2.28. The van der Waals surface area contributed by atoms with E-state index in [1.54, 1.807) is 0 Å². The van der Waals surface area contributed by atoms with Gasteiger partial charge in [0.25, 0.3) is 0 Å². The maximum atomic E-state index is 12.2. The number of anilines is 2. The lowest BCUT2D eigenvalue weighted by atomic mass is 10.0. The van der Waals surface area contributed by atoms with E-state index in [0.717, 1.165) is 24.5 Å². The van der Waals surface area contributed by atoms with Gasteiger partial charge in [-0.1, -0.05) is 26.0 Å². The largest absolute Gasteiger partial charge is 0.370 e. The van der Waals surface area contributed by atoms with E-state index in [0.29, 0.717) is 12.3 Å². The van der Waals surface area contributed by atoms with E-state index in [-0.39, 0.29) is 5.91 Å². The van der Waals surface area contributed by atoms with Crippen molar-refractivity contribution >= 4 is 17.3 Å². The van der Waals surface area contributed by atoms with Crippen LogP contribution in [0.5, 0.6) is 0 Å². The van der Waals surface area contributed by atoms with Crippen molar-refractivity contribution in [1.29, 1.82) is 0 Å². The van der Waals surface area contributed by atoms with Crippen molar-refractivity contribution in [1.82, 2.24) is 0 Å². The summed E-state index contributed by atoms with van der Waals surface area (Å²) >= 11 is 0. The van der Waals surface area contributed by atoms with Gasteiger partial charge in [-0.05, 0) is 37.3 Å². The monoisotopic (exact) mass is 275 g/mol. The number of hydrogen-bond acceptors (Lipinski definition) is 3. The van der Waals surface area contributed by atoms with E-state index in [1.807, 2.05) is 18.2 Å². The van der Waals surface area contributed by atoms with Gasteiger partial charge < -0.3 is 16.0 Å². The molecule has 1 aliphatic rings. The number of carbonyl (C=O) groups excluding carboxylic acids is 1. The molecule has 20 heavy (non-hydrogen) atoms. The zero-order valence-corrected chi connectivity index (χ0v) is 12.4. The summed E-state index contributed by atoms with van der Waals surface area (Å²) in [6, 6.07) is 7.53. The molecule has 1 aromatic carbocycles. The Balaban J connectivity index is 2.07. The van der Waals surface area contributed by atoms with Gasteiger partial charge in [0.1, 0.15) is 0 Å². The van der Waals surface area contributed by atoms with Crippen LogP contribution >= 0.6 is 0 Å². The summed E-state index contributed by atoms with van der Waals surface area (Å²) in [6.45, 7) is 6.27. The molecule has 1 atom stereocenters. The van der Waals surface area contributed by atoms with E-state index < -0.39 is 6.04 Å². The Morgan fingerprint density at radius 3 is 2.60 bits per heavy atom. The molecule has 0 unspecified atom stereocenters. The lowest BCUT2D eigenvalue weighted by molar-refractivity contribution is -0.117. The van der Waals surface area contributed by atoms with Crippen LogP contribution in [-0.2, 0) is 4.79 Å². The minimum atomic E-state index is -0.443. The lowest BCUT2D eigenvalue weighted by Gasteiger charge is -2.22. The molecule has 1 fully saturated rings. The molecule has 1 aliphatic heterocycles. The smallest absolute Gasteiger partial charge is 0.241 e. The van der Waals surface area contributed by atoms with Gasteiger partial charge in [-0.3, -0.25) is 4.79 Å². The second kappa shape index (κ2) is 6.75. The van der Waals surface area contributed by atoms with Crippen molar-refractivity contribution in [3.63, 3.8) is 0 Å². The van der Waals surface area contributed by atoms with Gasteiger partial charge in [-0.25, -0.2) is 0 Å². The summed E-state index contributed by atoms with van der Waals surface area (Å²) in [5.41, 5.74) is 7.92. The van der Waals surface area contributed by atoms with Crippen molar-refractivity contribution in [2.75, 3.05) is 23.3 Å². The number of nitrogens with two attached hydrogens (primary N) is 1. The molecule has 0 bridgehead atoms. The third-order valence-electron chi connectivity index (χ3n) is 3.67. The number of nitrogens with zero attached hydrogens (tertiary/aromatic N) is 1. The third-order valence-corrected chi connectivity index (χ3v) is 3.67. The third kappa shape index (κ3) is 3.73. The highest BCUT2D eigenvalue weighted by molar-refractivity contribution is 5.97. The Labute approximate surface area is 121 Å². The van der Waals surface area contributed by atoms with Crippen molar-refractivity contribution in [2.24, 2.45) is 11.7 Å². The number of carbonyl (C=O) groups is 1. The second-order valence-corrected chi connectivity index (χ2v) is 5.94. The van der Waals surface area contributed by atoms with Crippen LogP contribution < -0.4 is 16.0 Å². The fraction of sp³-hybridized carbons (Fsp3) is 0.562. The summed E-state index contributed by atoms with van der Waals surface area (Å²) in [5, 5.41) is 2.99. The average molecular weight is 275 g/mol. The average Bonchev–Trinajstić information content (AvgIpc) is 2.92. The molecule has 1 saturated heterocycles. The minimum absolute atomic E-state index is 0.0923. The number of nitrogens with one attached hydrogen (secondary N) is 1. The van der Waals surface area contributed by atoms with Crippen LogP contribution in [0.15, 0.2) is 24.3 Å². The first-order chi connectivity index (χ1) is 9.58. The van der Waals surface area contributed by atoms with Crippen LogP contribution in [0.4, 0.5) is 11.4 Å². The van der Waals surface area contributed by atoms with Crippen LogP contribution in [0.1, 0.15) is 33.1 Å². The molecule has 2 rings (SSSR count). The first-order valence-electron chi connectivity index (χ1n) is 7.48. The van der Waals surface area contributed by atoms with Crippen molar-refractivity contribution in [3.8, 4) is 0 Å². The topological polar surface area (TPSA) is 58.4 Å². The SMILES string of the molecule is CC(C)C[C@H](N)C(=O)Nc1ccccc1N1CCCC1. The molecule has 4 heteroatoms. The normalized spacial score (nSPS) is 16.5. The van der Waals surface area contributed by atoms with Crippen LogP contribution in [-0.4, -0.2) is 25.0 Å². The molecule has 0 radical (unpaired) electrons. The first-order valence-corrected chi connectivity index (χ1v) is 7.48. The molecule has 1 heterocycles. The Morgan fingerprint density at radius 1 is 1.30 bits per heavy atom. The predicted molar refractivity (Wildman–Crippen MR) is 83.9 cm³/mol. The molecular weight excluding hydrogens is 250 g/mol. The molecule has 0 saturated carbocycles. The highest BCUT2D eigenvalue weighted by atomic mass is 16.2. The first kappa shape index (κ1) is 14.9. The molecule has 1 aromatic rings. The number of benzene rings is 1. The standard InChI is InChI=1S/C16H25N3O/c1-12(2)11-13(17)16(20)18-14-7-3-4-8-15(14)19-9-5-6-10-19/h3-4,7-8,12-13H,5-6,9-11,17H2,1-2H3,(H,18,20)/t13-/m0/s1. The molecule has 0 spiro atoms. The predicted octanol–water partition coefficient (Wildman–Crippen LogP) is 2.60. The van der Waals surface area contributed by atoms with Crippen molar-refractivity contribution in [3.05, 3.63) is 24.3 Å². The second-order valence-electron chi connectivity index (χ2n) is 5.94. The Bertz CT molecular complexity index is 453. The number of para-hydroxylation sites is 2. The van der Waals surface area contributed by atoms with Crippen molar-refractivity contribution in [2.45, 2.75) is 39.2 Å². The van der Waals surface area contributed by atoms with Crippen LogP contribution in [0.3, 0.4) is 0 Å². The van der Waals surface area contributed by atoms with Gasteiger partial charge in [0.15, 0.2) is 0 Å². The molecule has 1 amide bonds. The molecule has 3 N–H and O–H groups in total. The van der Waals surface area contributed by atoms with Gasteiger partial charge in [0, 0.05) is 13.1 Å². The van der Waals surface area contributed by atoms with Crippen molar-refractivity contribution < 1.29 is 4.79 Å². The number of hydrogen-bond donors (Lipinski definition) is 2. The van der Waals surface area contributed by atoms with Crippen LogP contribution in [0.2, 0.25) is 0 Å².